The molecule has 0 aliphatic rings. The Morgan fingerprint density at radius 2 is 1.89 bits per heavy atom. The Kier molecular flexibility index (Phi) is 4.35. The number of hydrogen-bond acceptors (Lipinski definition) is 7. The maximum absolute atomic E-state index is 11.2. The number of non-ortho nitro benzene ring substituents is 1. The van der Waals surface area contributed by atoms with Crippen LogP contribution in [0.1, 0.15) is 13.8 Å². The number of nitrogens with zero attached hydrogens (tertiary/aromatic N) is 2. The molecule has 0 aliphatic carbocycles. The fraction of sp³-hybridized carbons (Fsp3) is 0.300. The first kappa shape index (κ1) is 14.4. The minimum Gasteiger partial charge on any atom is -0.343 e. The van der Waals surface area contributed by atoms with Gasteiger partial charge in [0.05, 0.1) is 21.8 Å². The number of rotatable bonds is 5. The second-order valence-electron chi connectivity index (χ2n) is 3.89. The number of anilines is 1. The second-order valence-corrected chi connectivity index (χ2v) is 3.89. The Morgan fingerprint density at radius 3 is 2.37 bits per heavy atom. The zero-order valence-electron chi connectivity index (χ0n) is 10.2. The van der Waals surface area contributed by atoms with E-state index in [0.29, 0.717) is 0 Å². The maximum Gasteiger partial charge on any atom is 0.334 e. The molecule has 0 aliphatic heterocycles. The zero-order chi connectivity index (χ0) is 14.6. The number of nitro groups is 2. The smallest absolute Gasteiger partial charge is 0.334 e. The van der Waals surface area contributed by atoms with Gasteiger partial charge in [0, 0.05) is 6.07 Å². The normalized spacial score (nSPS) is 10.1. The molecule has 1 rings (SSSR count). The average molecular weight is 269 g/mol. The van der Waals surface area contributed by atoms with Crippen molar-refractivity contribution in [2.24, 2.45) is 5.92 Å². The lowest BCUT2D eigenvalue weighted by molar-refractivity contribution is -0.393. The van der Waals surface area contributed by atoms with Crippen molar-refractivity contribution in [1.82, 2.24) is 0 Å². The van der Waals surface area contributed by atoms with Crippen LogP contribution in [-0.2, 0) is 9.63 Å². The Labute approximate surface area is 107 Å². The van der Waals surface area contributed by atoms with Gasteiger partial charge in [-0.2, -0.15) is 0 Å². The summed E-state index contributed by atoms with van der Waals surface area (Å²) in [6.45, 7) is 3.18. The van der Waals surface area contributed by atoms with E-state index < -0.39 is 33.1 Å². The van der Waals surface area contributed by atoms with Gasteiger partial charge < -0.3 is 4.84 Å². The van der Waals surface area contributed by atoms with Crippen LogP contribution in [0.5, 0.6) is 0 Å². The summed E-state index contributed by atoms with van der Waals surface area (Å²) in [5.41, 5.74) is 1.02. The third-order valence-corrected chi connectivity index (χ3v) is 2.12. The van der Waals surface area contributed by atoms with E-state index in [1.807, 2.05) is 0 Å². The van der Waals surface area contributed by atoms with Gasteiger partial charge in [0.25, 0.3) is 5.69 Å². The van der Waals surface area contributed by atoms with Crippen molar-refractivity contribution in [2.75, 3.05) is 5.48 Å². The summed E-state index contributed by atoms with van der Waals surface area (Å²) in [6, 6.07) is 2.95. The Bertz CT molecular complexity index is 528. The molecule has 1 N–H and O–H groups in total. The molecule has 9 nitrogen and oxygen atoms in total. The van der Waals surface area contributed by atoms with Gasteiger partial charge in [0.15, 0.2) is 0 Å². The van der Waals surface area contributed by atoms with Crippen LogP contribution in [0.25, 0.3) is 0 Å². The third-order valence-electron chi connectivity index (χ3n) is 2.12. The van der Waals surface area contributed by atoms with E-state index >= 15 is 0 Å². The van der Waals surface area contributed by atoms with E-state index in [0.717, 1.165) is 18.2 Å². The lowest BCUT2D eigenvalue weighted by Gasteiger charge is -2.08. The van der Waals surface area contributed by atoms with Crippen LogP contribution >= 0.6 is 0 Å². The molecule has 0 fully saturated rings. The number of hydrogen-bond donors (Lipinski definition) is 1. The largest absolute Gasteiger partial charge is 0.343 e. The number of nitro benzene ring substituents is 2. The van der Waals surface area contributed by atoms with Crippen LogP contribution in [-0.4, -0.2) is 15.8 Å². The van der Waals surface area contributed by atoms with Crippen LogP contribution in [0.2, 0.25) is 0 Å². The summed E-state index contributed by atoms with van der Waals surface area (Å²) in [5, 5.41) is 21.3. The molecule has 102 valence electrons. The van der Waals surface area contributed by atoms with E-state index in [4.69, 9.17) is 0 Å². The maximum atomic E-state index is 11.2. The number of benzene rings is 1. The summed E-state index contributed by atoms with van der Waals surface area (Å²) < 4.78 is 0. The molecule has 0 saturated heterocycles. The van der Waals surface area contributed by atoms with Crippen LogP contribution in [0.15, 0.2) is 18.2 Å². The van der Waals surface area contributed by atoms with Gasteiger partial charge in [-0.25, -0.2) is 10.3 Å². The van der Waals surface area contributed by atoms with Gasteiger partial charge in [-0.05, 0) is 6.07 Å². The fourth-order valence-corrected chi connectivity index (χ4v) is 1.09. The monoisotopic (exact) mass is 269 g/mol. The first-order valence-electron chi connectivity index (χ1n) is 5.22. The van der Waals surface area contributed by atoms with Gasteiger partial charge >= 0.3 is 11.7 Å². The third kappa shape index (κ3) is 3.63. The SMILES string of the molecule is CC(C)C(=O)ONc1ccc([N+](=O)[O-])cc1[N+](=O)[O-]. The van der Waals surface area contributed by atoms with Crippen molar-refractivity contribution in [3.8, 4) is 0 Å². The molecule has 0 heterocycles. The molecule has 0 amide bonds. The van der Waals surface area contributed by atoms with E-state index in [9.17, 15) is 25.0 Å². The topological polar surface area (TPSA) is 125 Å². The molecule has 0 bridgehead atoms. The Morgan fingerprint density at radius 1 is 1.26 bits per heavy atom. The molecular weight excluding hydrogens is 258 g/mol. The molecule has 0 aromatic heterocycles. The summed E-state index contributed by atoms with van der Waals surface area (Å²) in [4.78, 5) is 35.6. The Balaban J connectivity index is 2.98. The van der Waals surface area contributed by atoms with Crippen molar-refractivity contribution in [1.29, 1.82) is 0 Å². The molecule has 0 radical (unpaired) electrons. The molecular formula is C10H11N3O6. The quantitative estimate of drug-likeness (QED) is 0.640. The lowest BCUT2D eigenvalue weighted by Crippen LogP contribution is -2.16. The van der Waals surface area contributed by atoms with Gasteiger partial charge in [0.2, 0.25) is 0 Å². The molecule has 1 aromatic rings. The summed E-state index contributed by atoms with van der Waals surface area (Å²) >= 11 is 0. The summed E-state index contributed by atoms with van der Waals surface area (Å²) in [6.07, 6.45) is 0. The Hall–Kier alpha value is -2.71. The van der Waals surface area contributed by atoms with Crippen molar-refractivity contribution in [3.05, 3.63) is 38.4 Å². The van der Waals surface area contributed by atoms with E-state index in [-0.39, 0.29) is 5.69 Å². The highest BCUT2D eigenvalue weighted by Crippen LogP contribution is 2.28. The van der Waals surface area contributed by atoms with Crippen LogP contribution in [0, 0.1) is 26.1 Å². The molecule has 0 atom stereocenters. The molecule has 0 saturated carbocycles. The highest BCUT2D eigenvalue weighted by Gasteiger charge is 2.20. The van der Waals surface area contributed by atoms with Crippen LogP contribution in [0.3, 0.4) is 0 Å². The van der Waals surface area contributed by atoms with Gasteiger partial charge in [0.1, 0.15) is 5.69 Å². The zero-order valence-corrected chi connectivity index (χ0v) is 10.2. The number of carbonyl (C=O) groups excluding carboxylic acids is 1. The minimum atomic E-state index is -0.807. The van der Waals surface area contributed by atoms with E-state index in [1.165, 1.54) is 0 Å². The molecule has 1 aromatic carbocycles. The van der Waals surface area contributed by atoms with E-state index in [1.54, 1.807) is 13.8 Å². The fourth-order valence-electron chi connectivity index (χ4n) is 1.09. The molecule has 0 spiro atoms. The average Bonchev–Trinajstić information content (AvgIpc) is 2.35. The number of nitrogens with one attached hydrogen (secondary N) is 1. The predicted molar refractivity (Wildman–Crippen MR) is 64.3 cm³/mol. The van der Waals surface area contributed by atoms with Crippen molar-refractivity contribution in [3.63, 3.8) is 0 Å². The molecule has 0 unspecified atom stereocenters. The molecule has 19 heavy (non-hydrogen) atoms. The van der Waals surface area contributed by atoms with Gasteiger partial charge in [-0.1, -0.05) is 13.8 Å². The van der Waals surface area contributed by atoms with E-state index in [2.05, 4.69) is 10.3 Å². The van der Waals surface area contributed by atoms with Crippen molar-refractivity contribution >= 4 is 23.0 Å². The highest BCUT2D eigenvalue weighted by atomic mass is 16.7. The summed E-state index contributed by atoms with van der Waals surface area (Å²) in [7, 11) is 0. The van der Waals surface area contributed by atoms with Crippen LogP contribution in [0.4, 0.5) is 17.1 Å². The predicted octanol–water partition coefficient (Wildman–Crippen LogP) is 2.03. The van der Waals surface area contributed by atoms with Gasteiger partial charge in [-0.3, -0.25) is 20.2 Å². The molecule has 9 heteroatoms. The summed E-state index contributed by atoms with van der Waals surface area (Å²) in [5.74, 6) is -1.02. The number of carbonyl (C=O) groups is 1. The van der Waals surface area contributed by atoms with Crippen LogP contribution < -0.4 is 5.48 Å². The lowest BCUT2D eigenvalue weighted by atomic mass is 10.2. The second kappa shape index (κ2) is 5.76. The van der Waals surface area contributed by atoms with Gasteiger partial charge in [-0.15, -0.1) is 0 Å². The minimum absolute atomic E-state index is 0.135. The first-order valence-corrected chi connectivity index (χ1v) is 5.22. The first-order chi connectivity index (χ1) is 8.82. The standard InChI is InChI=1S/C10H11N3O6/c1-6(2)10(14)19-11-8-4-3-7(12(15)16)5-9(8)13(17)18/h3-6,11H,1-2H3. The van der Waals surface area contributed by atoms with Crippen molar-refractivity contribution in [2.45, 2.75) is 13.8 Å². The highest BCUT2D eigenvalue weighted by molar-refractivity contribution is 5.73. The van der Waals surface area contributed by atoms with Crippen molar-refractivity contribution < 1.29 is 19.5 Å².